The average molecular weight is 513 g/mol. The zero-order valence-corrected chi connectivity index (χ0v) is 24.5. The molecule has 204 valence electrons. The maximum atomic E-state index is 4.80. The van der Waals surface area contributed by atoms with Crippen LogP contribution in [0.5, 0.6) is 0 Å². The van der Waals surface area contributed by atoms with Crippen molar-refractivity contribution >= 4 is 21.8 Å². The first-order chi connectivity index (χ1) is 18.3. The molecule has 2 heterocycles. The number of rotatable bonds is 4. The van der Waals surface area contributed by atoms with Gasteiger partial charge in [-0.15, -0.1) is 0 Å². The van der Waals surface area contributed by atoms with E-state index in [1.54, 1.807) is 0 Å². The Hall–Kier alpha value is -2.62. The lowest BCUT2D eigenvalue weighted by Gasteiger charge is -2.31. The van der Waals surface area contributed by atoms with Crippen molar-refractivity contribution in [2.75, 3.05) is 0 Å². The summed E-state index contributed by atoms with van der Waals surface area (Å²) >= 11 is 0. The first kappa shape index (κ1) is 27.0. The molecule has 4 heteroatoms. The molecule has 0 unspecified atom stereocenters. The Labute approximate surface area is 229 Å². The van der Waals surface area contributed by atoms with Crippen LogP contribution in [0.2, 0.25) is 0 Å². The van der Waals surface area contributed by atoms with E-state index in [4.69, 9.17) is 5.10 Å². The molecule has 0 bridgehead atoms. The highest BCUT2D eigenvalue weighted by atomic mass is 15.3. The molecule has 4 aromatic rings. The number of hydrogen-bond donors (Lipinski definition) is 0. The Morgan fingerprint density at radius 3 is 1.92 bits per heavy atom. The summed E-state index contributed by atoms with van der Waals surface area (Å²) in [6.07, 6.45) is 12.8. The van der Waals surface area contributed by atoms with Crippen LogP contribution in [0.25, 0.3) is 21.8 Å². The summed E-state index contributed by atoms with van der Waals surface area (Å²) in [4.78, 5) is 0. The molecule has 0 saturated heterocycles. The van der Waals surface area contributed by atoms with Crippen molar-refractivity contribution < 1.29 is 0 Å². The molecule has 2 saturated carbocycles. The standard InChI is InChI=1S/2C17H24N2/c1-12(2)13-4-6-14(7-5-13)15-8-9-17-16(10-15)11-18-19(17)3;1-12(2)13-8-10-14(11-9-13)17-15-6-4-5-7-16(15)19(3)18-17/h8-14H,4-7H2,1-3H3;4-7,12-14H,8-11H2,1-3H3. The largest absolute Gasteiger partial charge is 0.268 e. The quantitative estimate of drug-likeness (QED) is 0.273. The first-order valence-electron chi connectivity index (χ1n) is 15.1. The number of fused-ring (bicyclic) bond motifs is 2. The smallest absolute Gasteiger partial charge is 0.0734 e. The van der Waals surface area contributed by atoms with Gasteiger partial charge in [0.15, 0.2) is 0 Å². The van der Waals surface area contributed by atoms with Crippen LogP contribution in [0.4, 0.5) is 0 Å². The summed E-state index contributed by atoms with van der Waals surface area (Å²) in [5, 5.41) is 11.8. The van der Waals surface area contributed by atoms with Crippen LogP contribution in [-0.4, -0.2) is 19.6 Å². The van der Waals surface area contributed by atoms with E-state index < -0.39 is 0 Å². The average Bonchev–Trinajstić information content (AvgIpc) is 3.48. The van der Waals surface area contributed by atoms with Crippen molar-refractivity contribution in [3.8, 4) is 0 Å². The Balaban J connectivity index is 0.000000155. The fourth-order valence-corrected chi connectivity index (χ4v) is 7.16. The van der Waals surface area contributed by atoms with E-state index in [-0.39, 0.29) is 0 Å². The topological polar surface area (TPSA) is 35.6 Å². The number of aryl methyl sites for hydroxylation is 2. The Kier molecular flexibility index (Phi) is 8.26. The monoisotopic (exact) mass is 512 g/mol. The maximum Gasteiger partial charge on any atom is 0.0734 e. The predicted octanol–water partition coefficient (Wildman–Crippen LogP) is 9.01. The van der Waals surface area contributed by atoms with Crippen molar-refractivity contribution in [3.05, 3.63) is 59.9 Å². The highest BCUT2D eigenvalue weighted by molar-refractivity contribution is 5.82. The Morgan fingerprint density at radius 2 is 1.29 bits per heavy atom. The molecular weight excluding hydrogens is 464 g/mol. The normalized spacial score (nSPS) is 24.2. The molecule has 38 heavy (non-hydrogen) atoms. The van der Waals surface area contributed by atoms with E-state index >= 15 is 0 Å². The van der Waals surface area contributed by atoms with E-state index in [2.05, 4.69) is 82.3 Å². The van der Waals surface area contributed by atoms with Gasteiger partial charge in [-0.25, -0.2) is 0 Å². The van der Waals surface area contributed by atoms with Crippen LogP contribution in [0.1, 0.15) is 102 Å². The molecule has 0 spiro atoms. The van der Waals surface area contributed by atoms with Crippen LogP contribution in [0.3, 0.4) is 0 Å². The number of hydrogen-bond acceptors (Lipinski definition) is 2. The molecule has 2 aromatic carbocycles. The zero-order valence-electron chi connectivity index (χ0n) is 24.5. The minimum atomic E-state index is 0.668. The summed E-state index contributed by atoms with van der Waals surface area (Å²) in [6.45, 7) is 9.46. The highest BCUT2D eigenvalue weighted by Crippen LogP contribution is 2.41. The fourth-order valence-electron chi connectivity index (χ4n) is 7.16. The molecule has 0 radical (unpaired) electrons. The van der Waals surface area contributed by atoms with E-state index in [0.717, 1.165) is 29.6 Å². The van der Waals surface area contributed by atoms with Crippen molar-refractivity contribution in [1.29, 1.82) is 0 Å². The van der Waals surface area contributed by atoms with E-state index in [9.17, 15) is 0 Å². The zero-order chi connectivity index (χ0) is 26.8. The van der Waals surface area contributed by atoms with Gasteiger partial charge in [0, 0.05) is 30.8 Å². The first-order valence-corrected chi connectivity index (χ1v) is 15.1. The van der Waals surface area contributed by atoms with Crippen LogP contribution in [0.15, 0.2) is 48.7 Å². The van der Waals surface area contributed by atoms with Crippen LogP contribution < -0.4 is 0 Å². The summed E-state index contributed by atoms with van der Waals surface area (Å²) in [5.74, 6) is 4.98. The molecule has 0 amide bonds. The molecule has 4 nitrogen and oxygen atoms in total. The van der Waals surface area contributed by atoms with Gasteiger partial charge in [-0.3, -0.25) is 9.36 Å². The van der Waals surface area contributed by atoms with Gasteiger partial charge < -0.3 is 0 Å². The van der Waals surface area contributed by atoms with Gasteiger partial charge in [0.05, 0.1) is 22.9 Å². The van der Waals surface area contributed by atoms with Crippen LogP contribution >= 0.6 is 0 Å². The summed E-state index contributed by atoms with van der Waals surface area (Å²) in [5.41, 5.74) is 5.35. The third-order valence-corrected chi connectivity index (χ3v) is 9.84. The lowest BCUT2D eigenvalue weighted by Crippen LogP contribution is -2.18. The van der Waals surface area contributed by atoms with Gasteiger partial charge in [-0.05, 0) is 105 Å². The molecule has 2 aliphatic rings. The highest BCUT2D eigenvalue weighted by Gasteiger charge is 2.27. The Bertz CT molecular complexity index is 1330. The lowest BCUT2D eigenvalue weighted by molar-refractivity contribution is 0.257. The fraction of sp³-hybridized carbons (Fsp3) is 0.588. The second kappa shape index (κ2) is 11.6. The molecule has 0 N–H and O–H groups in total. The number of para-hydroxylation sites is 1. The minimum Gasteiger partial charge on any atom is -0.268 e. The van der Waals surface area contributed by atoms with Gasteiger partial charge in [0.25, 0.3) is 0 Å². The molecule has 0 atom stereocenters. The third kappa shape index (κ3) is 5.70. The maximum absolute atomic E-state index is 4.80. The second-order valence-electron chi connectivity index (χ2n) is 12.8. The van der Waals surface area contributed by atoms with Gasteiger partial charge in [0.2, 0.25) is 0 Å². The van der Waals surface area contributed by atoms with Gasteiger partial charge in [0.1, 0.15) is 0 Å². The van der Waals surface area contributed by atoms with E-state index in [0.29, 0.717) is 5.92 Å². The number of aromatic nitrogens is 4. The third-order valence-electron chi connectivity index (χ3n) is 9.84. The van der Waals surface area contributed by atoms with Gasteiger partial charge >= 0.3 is 0 Å². The number of nitrogens with zero attached hydrogens (tertiary/aromatic N) is 4. The molecule has 2 fully saturated rings. The number of benzene rings is 2. The van der Waals surface area contributed by atoms with Crippen molar-refractivity contribution in [2.24, 2.45) is 37.8 Å². The van der Waals surface area contributed by atoms with Crippen LogP contribution in [0, 0.1) is 23.7 Å². The van der Waals surface area contributed by atoms with Gasteiger partial charge in [-0.1, -0.05) is 52.0 Å². The summed E-state index contributed by atoms with van der Waals surface area (Å²) in [7, 11) is 4.07. The summed E-state index contributed by atoms with van der Waals surface area (Å²) in [6, 6.07) is 15.5. The molecular formula is C34H48N4. The lowest BCUT2D eigenvalue weighted by atomic mass is 9.75. The van der Waals surface area contributed by atoms with Gasteiger partial charge in [-0.2, -0.15) is 10.2 Å². The SMILES string of the molecule is CC(C)C1CCC(c2ccc3c(cnn3C)c2)CC1.CC(C)C1CCC(c2nn(C)c3ccccc23)CC1. The van der Waals surface area contributed by atoms with Crippen molar-refractivity contribution in [3.63, 3.8) is 0 Å². The molecule has 6 rings (SSSR count). The van der Waals surface area contributed by atoms with E-state index in [1.165, 1.54) is 84.4 Å². The van der Waals surface area contributed by atoms with Crippen molar-refractivity contribution in [1.82, 2.24) is 19.6 Å². The molecule has 2 aromatic heterocycles. The molecule has 0 aliphatic heterocycles. The minimum absolute atomic E-state index is 0.668. The second-order valence-corrected chi connectivity index (χ2v) is 12.8. The van der Waals surface area contributed by atoms with Crippen LogP contribution in [-0.2, 0) is 14.1 Å². The summed E-state index contributed by atoms with van der Waals surface area (Å²) < 4.78 is 3.99. The van der Waals surface area contributed by atoms with Crippen molar-refractivity contribution in [2.45, 2.75) is 90.9 Å². The predicted molar refractivity (Wildman–Crippen MR) is 161 cm³/mol. The van der Waals surface area contributed by atoms with E-state index in [1.807, 2.05) is 22.6 Å². The Morgan fingerprint density at radius 1 is 0.684 bits per heavy atom. The molecule has 2 aliphatic carbocycles.